The van der Waals surface area contributed by atoms with E-state index < -0.39 is 8.24 Å². The Kier molecular flexibility index (Phi) is 2.28. The summed E-state index contributed by atoms with van der Waals surface area (Å²) < 4.78 is 8.82. The average molecular weight is 183 g/mol. The predicted molar refractivity (Wildman–Crippen MR) is 53.3 cm³/mol. The van der Waals surface area contributed by atoms with Crippen LogP contribution < -0.4 is 5.62 Å². The fourth-order valence-electron chi connectivity index (χ4n) is 1.04. The predicted octanol–water partition coefficient (Wildman–Crippen LogP) is 1.10. The number of nitrogens with zero attached hydrogens (tertiary/aromatic N) is 3. The van der Waals surface area contributed by atoms with Crippen molar-refractivity contribution >= 4 is 8.24 Å². The number of imidazole rings is 1. The molecule has 68 valence electrons. The van der Waals surface area contributed by atoms with Gasteiger partial charge < -0.3 is 9.13 Å². The standard InChI is InChI=1S/C8H17N3Si/c1-10-6-7-11(2)8(10)9-12(3,4)5/h6-7H,1-5H3. The van der Waals surface area contributed by atoms with Crippen LogP contribution in [0.5, 0.6) is 0 Å². The highest BCUT2D eigenvalue weighted by Crippen LogP contribution is 1.99. The van der Waals surface area contributed by atoms with Crippen molar-refractivity contribution in [1.82, 2.24) is 9.13 Å². The summed E-state index contributed by atoms with van der Waals surface area (Å²) in [5, 5.41) is 0. The number of aromatic nitrogens is 2. The van der Waals surface area contributed by atoms with Crippen LogP contribution in [0.4, 0.5) is 0 Å². The molecule has 1 aromatic rings. The van der Waals surface area contributed by atoms with E-state index in [1.807, 2.05) is 26.5 Å². The molecule has 1 rings (SSSR count). The largest absolute Gasteiger partial charge is 0.321 e. The van der Waals surface area contributed by atoms with Crippen LogP contribution in [0.15, 0.2) is 17.1 Å². The van der Waals surface area contributed by atoms with Gasteiger partial charge in [-0.05, 0) is 19.6 Å². The first kappa shape index (κ1) is 9.32. The summed E-state index contributed by atoms with van der Waals surface area (Å²) in [6.07, 6.45) is 4.05. The Morgan fingerprint density at radius 2 is 1.50 bits per heavy atom. The Morgan fingerprint density at radius 3 is 1.83 bits per heavy atom. The Labute approximate surface area is 74.5 Å². The molecular formula is C8H17N3Si. The second kappa shape index (κ2) is 2.93. The normalized spacial score (nSPS) is 11.8. The van der Waals surface area contributed by atoms with Gasteiger partial charge in [-0.1, -0.05) is 0 Å². The van der Waals surface area contributed by atoms with Crippen molar-refractivity contribution in [2.24, 2.45) is 18.8 Å². The monoisotopic (exact) mass is 183 g/mol. The average Bonchev–Trinajstić information content (AvgIpc) is 2.16. The van der Waals surface area contributed by atoms with Crippen LogP contribution in [-0.2, 0) is 14.1 Å². The van der Waals surface area contributed by atoms with Crippen molar-refractivity contribution in [3.05, 3.63) is 18.0 Å². The molecule has 0 aliphatic heterocycles. The van der Waals surface area contributed by atoms with Crippen LogP contribution in [0.3, 0.4) is 0 Å². The molecular weight excluding hydrogens is 166 g/mol. The maximum Gasteiger partial charge on any atom is 0.195 e. The molecule has 0 aliphatic carbocycles. The van der Waals surface area contributed by atoms with Gasteiger partial charge in [0, 0.05) is 26.5 Å². The molecule has 0 amide bonds. The van der Waals surface area contributed by atoms with Crippen LogP contribution in [0.25, 0.3) is 0 Å². The summed E-state index contributed by atoms with van der Waals surface area (Å²) in [4.78, 5) is 0. The SMILES string of the molecule is Cn1ccn(C)c1=N[Si](C)(C)C. The highest BCUT2D eigenvalue weighted by molar-refractivity contribution is 6.74. The summed E-state index contributed by atoms with van der Waals surface area (Å²) in [5.74, 6) is 0. The van der Waals surface area contributed by atoms with E-state index in [0.29, 0.717) is 0 Å². The Balaban J connectivity index is 3.26. The van der Waals surface area contributed by atoms with Gasteiger partial charge in [0.1, 0.15) is 0 Å². The number of rotatable bonds is 1. The van der Waals surface area contributed by atoms with Crippen LogP contribution in [-0.4, -0.2) is 17.4 Å². The van der Waals surface area contributed by atoms with Gasteiger partial charge in [-0.3, -0.25) is 4.66 Å². The summed E-state index contributed by atoms with van der Waals surface area (Å²) in [5.41, 5.74) is 1.06. The molecule has 0 radical (unpaired) electrons. The lowest BCUT2D eigenvalue weighted by atomic mass is 10.9. The molecule has 0 spiro atoms. The van der Waals surface area contributed by atoms with Gasteiger partial charge in [0.05, 0.1) is 0 Å². The van der Waals surface area contributed by atoms with Gasteiger partial charge in [-0.15, -0.1) is 0 Å². The third-order valence-corrected chi connectivity index (χ3v) is 2.45. The fraction of sp³-hybridized carbons (Fsp3) is 0.625. The van der Waals surface area contributed by atoms with Gasteiger partial charge in [0.25, 0.3) is 0 Å². The van der Waals surface area contributed by atoms with Crippen molar-refractivity contribution in [2.75, 3.05) is 0 Å². The molecule has 1 heterocycles. The number of aryl methyl sites for hydroxylation is 2. The number of hydrogen-bond acceptors (Lipinski definition) is 1. The Morgan fingerprint density at radius 1 is 1.08 bits per heavy atom. The second-order valence-corrected chi connectivity index (χ2v) is 8.67. The van der Waals surface area contributed by atoms with Crippen molar-refractivity contribution in [1.29, 1.82) is 0 Å². The van der Waals surface area contributed by atoms with E-state index >= 15 is 0 Å². The first-order valence-corrected chi connectivity index (χ1v) is 7.59. The van der Waals surface area contributed by atoms with Gasteiger partial charge in [-0.25, -0.2) is 0 Å². The third kappa shape index (κ3) is 2.10. The smallest absolute Gasteiger partial charge is 0.195 e. The van der Waals surface area contributed by atoms with E-state index in [0.717, 1.165) is 5.62 Å². The fourth-order valence-corrected chi connectivity index (χ4v) is 1.96. The number of hydrogen-bond donors (Lipinski definition) is 0. The maximum absolute atomic E-state index is 4.72. The second-order valence-electron chi connectivity index (χ2n) is 4.10. The van der Waals surface area contributed by atoms with Crippen LogP contribution >= 0.6 is 0 Å². The summed E-state index contributed by atoms with van der Waals surface area (Å²) in [6, 6.07) is 0. The summed E-state index contributed by atoms with van der Waals surface area (Å²) >= 11 is 0. The first-order chi connectivity index (χ1) is 5.40. The molecule has 0 saturated heterocycles. The molecule has 0 atom stereocenters. The van der Waals surface area contributed by atoms with Gasteiger partial charge in [0.2, 0.25) is 0 Å². The quantitative estimate of drug-likeness (QED) is 0.582. The first-order valence-electron chi connectivity index (χ1n) is 4.14. The summed E-state index contributed by atoms with van der Waals surface area (Å²) in [6.45, 7) is 6.71. The van der Waals surface area contributed by atoms with E-state index in [4.69, 9.17) is 4.66 Å². The Hall–Kier alpha value is -0.773. The molecule has 0 unspecified atom stereocenters. The van der Waals surface area contributed by atoms with Gasteiger partial charge in [0.15, 0.2) is 13.9 Å². The van der Waals surface area contributed by atoms with Crippen LogP contribution in [0.1, 0.15) is 0 Å². The molecule has 0 aromatic carbocycles. The Bertz CT molecular complexity index is 304. The molecule has 3 nitrogen and oxygen atoms in total. The highest BCUT2D eigenvalue weighted by Gasteiger charge is 2.11. The zero-order valence-corrected chi connectivity index (χ0v) is 9.50. The van der Waals surface area contributed by atoms with Crippen molar-refractivity contribution in [3.8, 4) is 0 Å². The lowest BCUT2D eigenvalue weighted by Gasteiger charge is -2.08. The lowest BCUT2D eigenvalue weighted by Crippen LogP contribution is -2.30. The molecule has 0 saturated carbocycles. The van der Waals surface area contributed by atoms with E-state index in [9.17, 15) is 0 Å². The van der Waals surface area contributed by atoms with Crippen molar-refractivity contribution in [3.63, 3.8) is 0 Å². The van der Waals surface area contributed by atoms with E-state index in [1.165, 1.54) is 0 Å². The van der Waals surface area contributed by atoms with E-state index in [2.05, 4.69) is 28.8 Å². The van der Waals surface area contributed by atoms with Crippen molar-refractivity contribution < 1.29 is 0 Å². The molecule has 0 bridgehead atoms. The molecule has 0 fully saturated rings. The van der Waals surface area contributed by atoms with Gasteiger partial charge >= 0.3 is 0 Å². The van der Waals surface area contributed by atoms with Crippen LogP contribution in [0, 0.1) is 0 Å². The highest BCUT2D eigenvalue weighted by atomic mass is 28.3. The minimum absolute atomic E-state index is 1.06. The zero-order chi connectivity index (χ0) is 9.35. The van der Waals surface area contributed by atoms with Gasteiger partial charge in [-0.2, -0.15) is 0 Å². The van der Waals surface area contributed by atoms with Crippen molar-refractivity contribution in [2.45, 2.75) is 19.6 Å². The summed E-state index contributed by atoms with van der Waals surface area (Å²) in [7, 11) is 2.71. The van der Waals surface area contributed by atoms with Crippen LogP contribution in [0.2, 0.25) is 19.6 Å². The maximum atomic E-state index is 4.72. The molecule has 1 aromatic heterocycles. The molecule has 4 heteroatoms. The third-order valence-electron chi connectivity index (χ3n) is 1.58. The zero-order valence-electron chi connectivity index (χ0n) is 8.50. The lowest BCUT2D eigenvalue weighted by molar-refractivity contribution is 0.749. The minimum Gasteiger partial charge on any atom is -0.321 e. The van der Waals surface area contributed by atoms with E-state index in [1.54, 1.807) is 0 Å². The molecule has 0 aliphatic rings. The topological polar surface area (TPSA) is 22.2 Å². The molecule has 0 N–H and O–H groups in total. The molecule has 12 heavy (non-hydrogen) atoms. The van der Waals surface area contributed by atoms with E-state index in [-0.39, 0.29) is 0 Å². The minimum atomic E-state index is -1.34.